The summed E-state index contributed by atoms with van der Waals surface area (Å²) in [5.41, 5.74) is -0.643. The normalized spacial score (nSPS) is 25.7. The molecule has 26 heavy (non-hydrogen) atoms. The zero-order valence-electron chi connectivity index (χ0n) is 15.4. The molecule has 1 aromatic rings. The van der Waals surface area contributed by atoms with Crippen molar-refractivity contribution < 1.29 is 23.1 Å². The van der Waals surface area contributed by atoms with Crippen LogP contribution >= 0.6 is 0 Å². The van der Waals surface area contributed by atoms with Gasteiger partial charge < -0.3 is 9.64 Å². The Morgan fingerprint density at radius 2 is 1.73 bits per heavy atom. The van der Waals surface area contributed by atoms with E-state index < -0.39 is 17.2 Å². The largest absolute Gasteiger partial charge is 0.444 e. The van der Waals surface area contributed by atoms with Crippen molar-refractivity contribution in [2.45, 2.75) is 70.6 Å². The Labute approximate surface area is 152 Å². The highest BCUT2D eigenvalue weighted by Gasteiger charge is 2.44. The predicted molar refractivity (Wildman–Crippen MR) is 92.9 cm³/mol. The van der Waals surface area contributed by atoms with E-state index in [1.165, 1.54) is 6.07 Å². The third-order valence-electron chi connectivity index (χ3n) is 5.15. The lowest BCUT2D eigenvalue weighted by Gasteiger charge is -2.48. The average Bonchev–Trinajstić information content (AvgIpc) is 2.51. The molecule has 0 saturated carbocycles. The molecule has 6 heteroatoms. The van der Waals surface area contributed by atoms with Crippen LogP contribution in [0, 0.1) is 17.6 Å². The molecule has 142 valence electrons. The Kier molecular flexibility index (Phi) is 5.04. The van der Waals surface area contributed by atoms with E-state index in [0.717, 1.165) is 31.4 Å². The number of nitrogens with zero attached hydrogens (tertiary/aromatic N) is 1. The quantitative estimate of drug-likeness (QED) is 0.713. The number of carbonyl (C=O) groups is 2. The molecule has 1 amide bonds. The monoisotopic (exact) mass is 365 g/mol. The lowest BCUT2D eigenvalue weighted by atomic mass is 9.76. The Balaban J connectivity index is 1.77. The van der Waals surface area contributed by atoms with Gasteiger partial charge in [0.05, 0.1) is 5.56 Å². The van der Waals surface area contributed by atoms with Gasteiger partial charge in [-0.1, -0.05) is 0 Å². The second kappa shape index (κ2) is 6.97. The number of ketones is 1. The van der Waals surface area contributed by atoms with Gasteiger partial charge in [-0.05, 0) is 65.0 Å². The van der Waals surface area contributed by atoms with Crippen molar-refractivity contribution >= 4 is 11.9 Å². The van der Waals surface area contributed by atoms with Crippen molar-refractivity contribution in [3.63, 3.8) is 0 Å². The van der Waals surface area contributed by atoms with E-state index in [4.69, 9.17) is 4.74 Å². The molecule has 0 radical (unpaired) electrons. The first-order valence-electron chi connectivity index (χ1n) is 9.16. The molecular weight excluding hydrogens is 340 g/mol. The van der Waals surface area contributed by atoms with E-state index in [0.29, 0.717) is 12.8 Å². The standard InChI is InChI=1S/C20H25F2NO3/c1-20(2,3)26-19(25)23-14-5-4-6-15(23)10-12(9-14)18(24)16-8-7-13(21)11-17(16)22/h7-8,11-12,14-15H,4-6,9-10H2,1-3H3. The second-order valence-electron chi connectivity index (χ2n) is 8.28. The van der Waals surface area contributed by atoms with Gasteiger partial charge in [0.25, 0.3) is 0 Å². The van der Waals surface area contributed by atoms with Gasteiger partial charge in [0, 0.05) is 24.1 Å². The van der Waals surface area contributed by atoms with Crippen LogP contribution in [0.4, 0.5) is 13.6 Å². The van der Waals surface area contributed by atoms with Gasteiger partial charge in [-0.25, -0.2) is 13.6 Å². The van der Waals surface area contributed by atoms with Crippen LogP contribution < -0.4 is 0 Å². The van der Waals surface area contributed by atoms with Crippen molar-refractivity contribution in [1.29, 1.82) is 0 Å². The van der Waals surface area contributed by atoms with Crippen molar-refractivity contribution in [2.75, 3.05) is 0 Å². The fourth-order valence-electron chi connectivity index (χ4n) is 4.12. The number of Topliss-reactive ketones (excluding diaryl/α,β-unsaturated/α-hetero) is 1. The zero-order valence-corrected chi connectivity index (χ0v) is 15.4. The van der Waals surface area contributed by atoms with Gasteiger partial charge in [0.2, 0.25) is 0 Å². The highest BCUT2D eigenvalue weighted by Crippen LogP contribution is 2.39. The number of halogens is 2. The first-order valence-corrected chi connectivity index (χ1v) is 9.16. The van der Waals surface area contributed by atoms with Gasteiger partial charge in [-0.2, -0.15) is 0 Å². The number of hydrogen-bond donors (Lipinski definition) is 0. The summed E-state index contributed by atoms with van der Waals surface area (Å²) in [6.45, 7) is 5.48. The first kappa shape index (κ1) is 18.8. The van der Waals surface area contributed by atoms with E-state index in [2.05, 4.69) is 0 Å². The lowest BCUT2D eigenvalue weighted by Crippen LogP contribution is -2.56. The number of piperidine rings is 2. The third kappa shape index (κ3) is 3.89. The molecule has 1 aromatic carbocycles. The summed E-state index contributed by atoms with van der Waals surface area (Å²) < 4.78 is 32.6. The molecule has 2 aliphatic heterocycles. The van der Waals surface area contributed by atoms with Gasteiger partial charge >= 0.3 is 6.09 Å². The molecule has 3 rings (SSSR count). The van der Waals surface area contributed by atoms with Crippen molar-refractivity contribution in [1.82, 2.24) is 4.90 Å². The molecule has 0 N–H and O–H groups in total. The molecule has 0 aromatic heterocycles. The Bertz CT molecular complexity index is 699. The maximum absolute atomic E-state index is 14.0. The summed E-state index contributed by atoms with van der Waals surface area (Å²) in [5.74, 6) is -2.18. The summed E-state index contributed by atoms with van der Waals surface area (Å²) in [5, 5.41) is 0. The maximum Gasteiger partial charge on any atom is 0.410 e. The van der Waals surface area contributed by atoms with Crippen LogP contribution in [0.3, 0.4) is 0 Å². The van der Waals surface area contributed by atoms with Crippen LogP contribution in [0.5, 0.6) is 0 Å². The Morgan fingerprint density at radius 3 is 2.27 bits per heavy atom. The number of fused-ring (bicyclic) bond motifs is 2. The Hall–Kier alpha value is -1.98. The minimum absolute atomic E-state index is 0.0693. The number of hydrogen-bond acceptors (Lipinski definition) is 3. The maximum atomic E-state index is 14.0. The highest BCUT2D eigenvalue weighted by molar-refractivity contribution is 5.98. The van der Waals surface area contributed by atoms with Crippen LogP contribution in [-0.2, 0) is 4.74 Å². The van der Waals surface area contributed by atoms with Gasteiger partial charge in [-0.3, -0.25) is 4.79 Å². The molecule has 2 aliphatic rings. The zero-order chi connectivity index (χ0) is 19.1. The van der Waals surface area contributed by atoms with Crippen molar-refractivity contribution in [3.8, 4) is 0 Å². The minimum atomic E-state index is -0.824. The molecular formula is C20H25F2NO3. The number of rotatable bonds is 2. The number of amides is 1. The number of ether oxygens (including phenoxy) is 1. The molecule has 2 fully saturated rings. The molecule has 0 aliphatic carbocycles. The molecule has 2 heterocycles. The smallest absolute Gasteiger partial charge is 0.410 e. The molecule has 0 spiro atoms. The van der Waals surface area contributed by atoms with Crippen molar-refractivity contribution in [3.05, 3.63) is 35.4 Å². The van der Waals surface area contributed by atoms with Gasteiger partial charge in [0.1, 0.15) is 17.2 Å². The first-order chi connectivity index (χ1) is 12.2. The molecule has 2 atom stereocenters. The van der Waals surface area contributed by atoms with Crippen LogP contribution in [0.25, 0.3) is 0 Å². The summed E-state index contributed by atoms with van der Waals surface area (Å²) in [6, 6.07) is 2.91. The molecule has 2 unspecified atom stereocenters. The van der Waals surface area contributed by atoms with Gasteiger partial charge in [0.15, 0.2) is 5.78 Å². The minimum Gasteiger partial charge on any atom is -0.444 e. The summed E-state index contributed by atoms with van der Waals surface area (Å²) >= 11 is 0. The van der Waals surface area contributed by atoms with Crippen LogP contribution in [-0.4, -0.2) is 34.5 Å². The summed E-state index contributed by atoms with van der Waals surface area (Å²) in [7, 11) is 0. The predicted octanol–water partition coefficient (Wildman–Crippen LogP) is 4.72. The number of carbonyl (C=O) groups excluding carboxylic acids is 2. The SMILES string of the molecule is CC(C)(C)OC(=O)N1C2CCCC1CC(C(=O)c1ccc(F)cc1F)C2. The summed E-state index contributed by atoms with van der Waals surface area (Å²) in [6.07, 6.45) is 3.26. The average molecular weight is 365 g/mol. The summed E-state index contributed by atoms with van der Waals surface area (Å²) in [4.78, 5) is 27.1. The topological polar surface area (TPSA) is 46.6 Å². The van der Waals surface area contributed by atoms with Crippen LogP contribution in [0.2, 0.25) is 0 Å². The third-order valence-corrected chi connectivity index (χ3v) is 5.15. The van der Waals surface area contributed by atoms with Crippen LogP contribution in [0.1, 0.15) is 63.2 Å². The van der Waals surface area contributed by atoms with Gasteiger partial charge in [-0.15, -0.1) is 0 Å². The van der Waals surface area contributed by atoms with E-state index in [1.807, 2.05) is 20.8 Å². The fraction of sp³-hybridized carbons (Fsp3) is 0.600. The molecule has 2 bridgehead atoms. The number of benzene rings is 1. The molecule has 4 nitrogen and oxygen atoms in total. The van der Waals surface area contributed by atoms with Crippen LogP contribution in [0.15, 0.2) is 18.2 Å². The van der Waals surface area contributed by atoms with E-state index in [9.17, 15) is 18.4 Å². The Morgan fingerprint density at radius 1 is 1.12 bits per heavy atom. The van der Waals surface area contributed by atoms with E-state index in [1.54, 1.807) is 4.90 Å². The second-order valence-corrected chi connectivity index (χ2v) is 8.28. The lowest BCUT2D eigenvalue weighted by molar-refractivity contribution is -0.0261. The van der Waals surface area contributed by atoms with E-state index in [-0.39, 0.29) is 35.4 Å². The van der Waals surface area contributed by atoms with Crippen molar-refractivity contribution in [2.24, 2.45) is 5.92 Å². The van der Waals surface area contributed by atoms with E-state index >= 15 is 0 Å². The fourth-order valence-corrected chi connectivity index (χ4v) is 4.12. The molecule has 2 saturated heterocycles. The highest BCUT2D eigenvalue weighted by atomic mass is 19.1.